The van der Waals surface area contributed by atoms with Gasteiger partial charge in [-0.3, -0.25) is 0 Å². The van der Waals surface area contributed by atoms with Crippen molar-refractivity contribution in [3.8, 4) is 0 Å². The van der Waals surface area contributed by atoms with Crippen LogP contribution in [-0.4, -0.2) is 12.6 Å². The molecule has 1 nitrogen and oxygen atoms in total. The van der Waals surface area contributed by atoms with Crippen LogP contribution in [0.25, 0.3) is 0 Å². The van der Waals surface area contributed by atoms with Gasteiger partial charge in [0.25, 0.3) is 0 Å². The maximum atomic E-state index is 3.87. The summed E-state index contributed by atoms with van der Waals surface area (Å²) in [6, 6.07) is 0.800. The molecule has 3 atom stereocenters. The number of hydrogen-bond donors (Lipinski definition) is 1. The van der Waals surface area contributed by atoms with E-state index in [1.807, 2.05) is 0 Å². The SMILES string of the molecule is CC1CCC(NCC2(C)CCCC2)C(C)C1. The molecule has 2 fully saturated rings. The van der Waals surface area contributed by atoms with Crippen LogP contribution in [-0.2, 0) is 0 Å². The van der Waals surface area contributed by atoms with Crippen LogP contribution in [0.4, 0.5) is 0 Å². The molecule has 2 saturated carbocycles. The zero-order chi connectivity index (χ0) is 11.6. The summed E-state index contributed by atoms with van der Waals surface area (Å²) in [4.78, 5) is 0. The molecule has 0 aromatic carbocycles. The van der Waals surface area contributed by atoms with Gasteiger partial charge in [0.15, 0.2) is 0 Å². The predicted octanol–water partition coefficient (Wildman–Crippen LogP) is 3.98. The third-order valence-corrected chi connectivity index (χ3v) is 5.03. The Balaban J connectivity index is 1.77. The second-order valence-electron chi connectivity index (χ2n) is 6.90. The Bertz CT molecular complexity index is 217. The maximum Gasteiger partial charge on any atom is 0.00931 e. The van der Waals surface area contributed by atoms with E-state index in [0.29, 0.717) is 5.41 Å². The van der Waals surface area contributed by atoms with E-state index in [1.54, 1.807) is 0 Å². The second kappa shape index (κ2) is 5.08. The van der Waals surface area contributed by atoms with Gasteiger partial charge in [-0.25, -0.2) is 0 Å². The first-order chi connectivity index (χ1) is 7.59. The van der Waals surface area contributed by atoms with Crippen molar-refractivity contribution in [2.45, 2.75) is 71.8 Å². The molecule has 0 spiro atoms. The summed E-state index contributed by atoms with van der Waals surface area (Å²) in [5.74, 6) is 1.84. The van der Waals surface area contributed by atoms with Crippen molar-refractivity contribution in [2.75, 3.05) is 6.54 Å². The van der Waals surface area contributed by atoms with Crippen molar-refractivity contribution < 1.29 is 0 Å². The van der Waals surface area contributed by atoms with E-state index in [-0.39, 0.29) is 0 Å². The van der Waals surface area contributed by atoms with Gasteiger partial charge in [0, 0.05) is 12.6 Å². The molecule has 0 bridgehead atoms. The number of nitrogens with one attached hydrogen (secondary N) is 1. The summed E-state index contributed by atoms with van der Waals surface area (Å²) in [6.07, 6.45) is 10.0. The van der Waals surface area contributed by atoms with Gasteiger partial charge in [0.2, 0.25) is 0 Å². The molecule has 0 heterocycles. The zero-order valence-electron chi connectivity index (χ0n) is 11.4. The largest absolute Gasteiger partial charge is 0.313 e. The van der Waals surface area contributed by atoms with Crippen molar-refractivity contribution >= 4 is 0 Å². The average Bonchev–Trinajstić information content (AvgIpc) is 2.64. The molecule has 1 N–H and O–H groups in total. The fraction of sp³-hybridized carbons (Fsp3) is 1.00. The van der Waals surface area contributed by atoms with Crippen LogP contribution in [0.2, 0.25) is 0 Å². The van der Waals surface area contributed by atoms with Crippen molar-refractivity contribution in [2.24, 2.45) is 17.3 Å². The minimum absolute atomic E-state index is 0.614. The van der Waals surface area contributed by atoms with Crippen LogP contribution < -0.4 is 5.32 Å². The standard InChI is InChI=1S/C15H29N/c1-12-6-7-14(13(2)10-12)16-11-15(3)8-4-5-9-15/h12-14,16H,4-11H2,1-3H3. The summed E-state index contributed by atoms with van der Waals surface area (Å²) < 4.78 is 0. The molecular weight excluding hydrogens is 194 g/mol. The molecule has 0 aliphatic heterocycles. The van der Waals surface area contributed by atoms with Gasteiger partial charge >= 0.3 is 0 Å². The van der Waals surface area contributed by atoms with Gasteiger partial charge in [0.1, 0.15) is 0 Å². The first kappa shape index (κ1) is 12.4. The highest BCUT2D eigenvalue weighted by molar-refractivity contribution is 4.87. The molecule has 2 aliphatic carbocycles. The summed E-state index contributed by atoms with van der Waals surface area (Å²) in [5, 5.41) is 3.87. The minimum atomic E-state index is 0.614. The summed E-state index contributed by atoms with van der Waals surface area (Å²) in [7, 11) is 0. The highest BCUT2D eigenvalue weighted by Crippen LogP contribution is 2.37. The molecular formula is C15H29N. The lowest BCUT2D eigenvalue weighted by Gasteiger charge is -2.36. The van der Waals surface area contributed by atoms with Crippen molar-refractivity contribution in [3.63, 3.8) is 0 Å². The fourth-order valence-corrected chi connectivity index (χ4v) is 3.75. The van der Waals surface area contributed by atoms with Gasteiger partial charge < -0.3 is 5.32 Å². The predicted molar refractivity (Wildman–Crippen MR) is 70.5 cm³/mol. The quantitative estimate of drug-likeness (QED) is 0.763. The van der Waals surface area contributed by atoms with E-state index in [1.165, 1.54) is 51.5 Å². The zero-order valence-corrected chi connectivity index (χ0v) is 11.4. The third kappa shape index (κ3) is 3.00. The van der Waals surface area contributed by atoms with Gasteiger partial charge in [-0.15, -0.1) is 0 Å². The molecule has 0 aromatic heterocycles. The topological polar surface area (TPSA) is 12.0 Å². The Kier molecular flexibility index (Phi) is 3.94. The highest BCUT2D eigenvalue weighted by Gasteiger charge is 2.31. The van der Waals surface area contributed by atoms with Crippen LogP contribution in [0.3, 0.4) is 0 Å². The van der Waals surface area contributed by atoms with Crippen LogP contribution in [0.1, 0.15) is 65.7 Å². The monoisotopic (exact) mass is 223 g/mol. The number of rotatable bonds is 3. The fourth-order valence-electron chi connectivity index (χ4n) is 3.75. The molecule has 2 aliphatic rings. The Morgan fingerprint density at radius 1 is 1.12 bits per heavy atom. The van der Waals surface area contributed by atoms with Crippen molar-refractivity contribution in [1.29, 1.82) is 0 Å². The van der Waals surface area contributed by atoms with E-state index in [9.17, 15) is 0 Å². The molecule has 2 rings (SSSR count). The van der Waals surface area contributed by atoms with Gasteiger partial charge in [-0.05, 0) is 49.4 Å². The second-order valence-corrected chi connectivity index (χ2v) is 6.90. The first-order valence-corrected chi connectivity index (χ1v) is 7.32. The van der Waals surface area contributed by atoms with Crippen LogP contribution in [0, 0.1) is 17.3 Å². The van der Waals surface area contributed by atoms with Gasteiger partial charge in [-0.1, -0.05) is 33.6 Å². The molecule has 0 saturated heterocycles. The summed E-state index contributed by atoms with van der Waals surface area (Å²) in [5.41, 5.74) is 0.614. The van der Waals surface area contributed by atoms with E-state index in [0.717, 1.165) is 17.9 Å². The molecule has 0 amide bonds. The maximum absolute atomic E-state index is 3.87. The van der Waals surface area contributed by atoms with E-state index >= 15 is 0 Å². The van der Waals surface area contributed by atoms with E-state index in [2.05, 4.69) is 26.1 Å². The molecule has 94 valence electrons. The molecule has 3 unspecified atom stereocenters. The Hall–Kier alpha value is -0.0400. The first-order valence-electron chi connectivity index (χ1n) is 7.32. The molecule has 0 radical (unpaired) electrons. The summed E-state index contributed by atoms with van der Waals surface area (Å²) >= 11 is 0. The normalized spacial score (nSPS) is 38.8. The molecule has 1 heteroatoms. The lowest BCUT2D eigenvalue weighted by Crippen LogP contribution is -2.43. The lowest BCUT2D eigenvalue weighted by atomic mass is 9.79. The van der Waals surface area contributed by atoms with Gasteiger partial charge in [0.05, 0.1) is 0 Å². The van der Waals surface area contributed by atoms with Crippen LogP contribution in [0.5, 0.6) is 0 Å². The minimum Gasteiger partial charge on any atom is -0.313 e. The smallest absolute Gasteiger partial charge is 0.00931 e. The van der Waals surface area contributed by atoms with Crippen LogP contribution in [0.15, 0.2) is 0 Å². The lowest BCUT2D eigenvalue weighted by molar-refractivity contribution is 0.201. The average molecular weight is 223 g/mol. The van der Waals surface area contributed by atoms with Gasteiger partial charge in [-0.2, -0.15) is 0 Å². The van der Waals surface area contributed by atoms with Crippen molar-refractivity contribution in [1.82, 2.24) is 5.32 Å². The molecule has 0 aromatic rings. The van der Waals surface area contributed by atoms with E-state index in [4.69, 9.17) is 0 Å². The highest BCUT2D eigenvalue weighted by atomic mass is 14.9. The Morgan fingerprint density at radius 2 is 1.81 bits per heavy atom. The molecule has 16 heavy (non-hydrogen) atoms. The van der Waals surface area contributed by atoms with Crippen LogP contribution >= 0.6 is 0 Å². The third-order valence-electron chi connectivity index (χ3n) is 5.03. The van der Waals surface area contributed by atoms with E-state index < -0.39 is 0 Å². The summed E-state index contributed by atoms with van der Waals surface area (Å²) in [6.45, 7) is 8.58. The Labute approximate surface area is 101 Å². The Morgan fingerprint density at radius 3 is 2.44 bits per heavy atom. The number of hydrogen-bond acceptors (Lipinski definition) is 1. The van der Waals surface area contributed by atoms with Crippen molar-refractivity contribution in [3.05, 3.63) is 0 Å².